The van der Waals surface area contributed by atoms with Gasteiger partial charge in [-0.3, -0.25) is 9.59 Å². The molecule has 7 heteroatoms. The molecule has 0 spiro atoms. The van der Waals surface area contributed by atoms with Crippen LogP contribution in [0.15, 0.2) is 48.5 Å². The Kier molecular flexibility index (Phi) is 5.58. The van der Waals surface area contributed by atoms with Crippen molar-refractivity contribution in [1.29, 1.82) is 0 Å². The number of carbonyl (C=O) groups excluding carboxylic acids is 2. The van der Waals surface area contributed by atoms with E-state index >= 15 is 0 Å². The molecule has 0 aromatic heterocycles. The third-order valence-electron chi connectivity index (χ3n) is 3.64. The molecule has 1 N–H and O–H groups in total. The van der Waals surface area contributed by atoms with Crippen molar-refractivity contribution in [1.82, 2.24) is 0 Å². The Balaban J connectivity index is 1.42. The van der Waals surface area contributed by atoms with E-state index in [0.717, 1.165) is 0 Å². The first-order chi connectivity index (χ1) is 12.6. The molecule has 1 aliphatic heterocycles. The van der Waals surface area contributed by atoms with E-state index in [0.29, 0.717) is 22.9 Å². The fraction of sp³-hybridized carbons (Fsp3) is 0.263. The topological polar surface area (TPSA) is 83.1 Å². The Morgan fingerprint density at radius 1 is 1.12 bits per heavy atom. The molecular formula is C19H19NO6. The second kappa shape index (κ2) is 8.24. The monoisotopic (exact) mass is 357 g/mol. The molecule has 0 bridgehead atoms. The standard InChI is InChI=1S/C19H19NO6/c1-13(26-18(21)9-10-23-15-5-3-2-4-6-15)19(22)20-14-7-8-16-17(11-14)25-12-24-16/h2-8,11,13H,9-10,12H2,1H3,(H,20,22)/t13-/m1/s1. The number of amides is 1. The predicted molar refractivity (Wildman–Crippen MR) is 93.3 cm³/mol. The van der Waals surface area contributed by atoms with Gasteiger partial charge in [-0.1, -0.05) is 18.2 Å². The van der Waals surface area contributed by atoms with Gasteiger partial charge >= 0.3 is 5.97 Å². The molecule has 26 heavy (non-hydrogen) atoms. The first-order valence-corrected chi connectivity index (χ1v) is 8.19. The SMILES string of the molecule is C[C@@H](OC(=O)CCOc1ccccc1)C(=O)Nc1ccc2c(c1)OCO2. The van der Waals surface area contributed by atoms with Crippen LogP contribution < -0.4 is 19.5 Å². The van der Waals surface area contributed by atoms with E-state index in [2.05, 4.69) is 5.32 Å². The molecule has 0 radical (unpaired) electrons. The van der Waals surface area contributed by atoms with Crippen LogP contribution in [0.1, 0.15) is 13.3 Å². The maximum Gasteiger partial charge on any atom is 0.310 e. The summed E-state index contributed by atoms with van der Waals surface area (Å²) >= 11 is 0. The lowest BCUT2D eigenvalue weighted by molar-refractivity contribution is -0.153. The lowest BCUT2D eigenvalue weighted by Gasteiger charge is -2.14. The van der Waals surface area contributed by atoms with Gasteiger partial charge in [0.2, 0.25) is 6.79 Å². The van der Waals surface area contributed by atoms with Gasteiger partial charge in [0.25, 0.3) is 5.91 Å². The molecule has 1 heterocycles. The Labute approximate surface area is 150 Å². The second-order valence-electron chi connectivity index (χ2n) is 5.60. The number of nitrogens with one attached hydrogen (secondary N) is 1. The number of hydrogen-bond acceptors (Lipinski definition) is 6. The van der Waals surface area contributed by atoms with Crippen LogP contribution in [-0.4, -0.2) is 31.4 Å². The minimum Gasteiger partial charge on any atom is -0.493 e. The molecule has 7 nitrogen and oxygen atoms in total. The van der Waals surface area contributed by atoms with E-state index in [1.54, 1.807) is 30.3 Å². The number of carbonyl (C=O) groups is 2. The Morgan fingerprint density at radius 3 is 2.69 bits per heavy atom. The van der Waals surface area contributed by atoms with Crippen LogP contribution >= 0.6 is 0 Å². The maximum atomic E-state index is 12.2. The van der Waals surface area contributed by atoms with Crippen LogP contribution in [0.3, 0.4) is 0 Å². The quantitative estimate of drug-likeness (QED) is 0.767. The summed E-state index contributed by atoms with van der Waals surface area (Å²) in [6, 6.07) is 14.2. The molecule has 0 unspecified atom stereocenters. The molecule has 1 atom stereocenters. The molecule has 0 fully saturated rings. The van der Waals surface area contributed by atoms with Gasteiger partial charge in [0.15, 0.2) is 17.6 Å². The van der Waals surface area contributed by atoms with Gasteiger partial charge in [-0.15, -0.1) is 0 Å². The minimum atomic E-state index is -0.926. The van der Waals surface area contributed by atoms with Crippen LogP contribution in [0, 0.1) is 0 Å². The summed E-state index contributed by atoms with van der Waals surface area (Å²) < 4.78 is 21.0. The van der Waals surface area contributed by atoms with Crippen LogP contribution in [-0.2, 0) is 14.3 Å². The Bertz CT molecular complexity index is 777. The lowest BCUT2D eigenvalue weighted by atomic mass is 10.2. The van der Waals surface area contributed by atoms with Crippen molar-refractivity contribution < 1.29 is 28.5 Å². The van der Waals surface area contributed by atoms with E-state index in [1.807, 2.05) is 18.2 Å². The fourth-order valence-corrected chi connectivity index (χ4v) is 2.30. The van der Waals surface area contributed by atoms with Crippen LogP contribution in [0.5, 0.6) is 17.2 Å². The first-order valence-electron chi connectivity index (χ1n) is 8.19. The van der Waals surface area contributed by atoms with Gasteiger partial charge in [0, 0.05) is 11.8 Å². The number of para-hydroxylation sites is 1. The summed E-state index contributed by atoms with van der Waals surface area (Å²) in [6.45, 7) is 1.85. The normalized spacial score (nSPS) is 13.0. The molecule has 0 aliphatic carbocycles. The molecule has 2 aromatic carbocycles. The van der Waals surface area contributed by atoms with E-state index in [9.17, 15) is 9.59 Å². The van der Waals surface area contributed by atoms with Crippen molar-refractivity contribution in [3.05, 3.63) is 48.5 Å². The molecule has 1 amide bonds. The molecule has 0 saturated carbocycles. The molecule has 0 saturated heterocycles. The van der Waals surface area contributed by atoms with Crippen LogP contribution in [0.4, 0.5) is 5.69 Å². The van der Waals surface area contributed by atoms with Gasteiger partial charge in [0.1, 0.15) is 5.75 Å². The van der Waals surface area contributed by atoms with Crippen molar-refractivity contribution in [2.45, 2.75) is 19.4 Å². The zero-order valence-electron chi connectivity index (χ0n) is 14.3. The molecular weight excluding hydrogens is 338 g/mol. The highest BCUT2D eigenvalue weighted by Gasteiger charge is 2.19. The smallest absolute Gasteiger partial charge is 0.310 e. The maximum absolute atomic E-state index is 12.2. The van der Waals surface area contributed by atoms with E-state index in [-0.39, 0.29) is 19.8 Å². The molecule has 136 valence electrons. The number of ether oxygens (including phenoxy) is 4. The van der Waals surface area contributed by atoms with E-state index < -0.39 is 18.0 Å². The number of anilines is 1. The number of esters is 1. The van der Waals surface area contributed by atoms with Gasteiger partial charge < -0.3 is 24.3 Å². The van der Waals surface area contributed by atoms with E-state index in [1.165, 1.54) is 6.92 Å². The van der Waals surface area contributed by atoms with Crippen molar-refractivity contribution >= 4 is 17.6 Å². The third-order valence-corrected chi connectivity index (χ3v) is 3.64. The molecule has 3 rings (SSSR count). The first kappa shape index (κ1) is 17.6. The van der Waals surface area contributed by atoms with Crippen LogP contribution in [0.2, 0.25) is 0 Å². The van der Waals surface area contributed by atoms with Gasteiger partial charge in [0.05, 0.1) is 13.0 Å². The summed E-state index contributed by atoms with van der Waals surface area (Å²) in [7, 11) is 0. The third kappa shape index (κ3) is 4.66. The number of benzene rings is 2. The zero-order chi connectivity index (χ0) is 18.4. The van der Waals surface area contributed by atoms with Gasteiger partial charge in [-0.25, -0.2) is 0 Å². The van der Waals surface area contributed by atoms with Crippen molar-refractivity contribution in [3.8, 4) is 17.2 Å². The zero-order valence-corrected chi connectivity index (χ0v) is 14.3. The molecule has 1 aliphatic rings. The number of rotatable bonds is 7. The summed E-state index contributed by atoms with van der Waals surface area (Å²) in [6.07, 6.45) is -0.874. The molecule has 2 aromatic rings. The fourth-order valence-electron chi connectivity index (χ4n) is 2.30. The Morgan fingerprint density at radius 2 is 1.88 bits per heavy atom. The minimum absolute atomic E-state index is 0.0521. The van der Waals surface area contributed by atoms with E-state index in [4.69, 9.17) is 18.9 Å². The lowest BCUT2D eigenvalue weighted by Crippen LogP contribution is -2.30. The number of fused-ring (bicyclic) bond motifs is 1. The Hall–Kier alpha value is -3.22. The average Bonchev–Trinajstić information content (AvgIpc) is 3.10. The number of hydrogen-bond donors (Lipinski definition) is 1. The summed E-state index contributed by atoms with van der Waals surface area (Å²) in [5.41, 5.74) is 0.537. The highest BCUT2D eigenvalue weighted by Crippen LogP contribution is 2.34. The second-order valence-corrected chi connectivity index (χ2v) is 5.60. The largest absolute Gasteiger partial charge is 0.493 e. The van der Waals surface area contributed by atoms with Crippen molar-refractivity contribution in [2.75, 3.05) is 18.7 Å². The highest BCUT2D eigenvalue weighted by molar-refractivity contribution is 5.95. The summed E-state index contributed by atoms with van der Waals surface area (Å²) in [5.74, 6) is 0.927. The predicted octanol–water partition coefficient (Wildman–Crippen LogP) is 2.75. The van der Waals surface area contributed by atoms with Crippen molar-refractivity contribution in [2.24, 2.45) is 0 Å². The summed E-state index contributed by atoms with van der Waals surface area (Å²) in [4.78, 5) is 24.0. The highest BCUT2D eigenvalue weighted by atomic mass is 16.7. The van der Waals surface area contributed by atoms with Gasteiger partial charge in [-0.2, -0.15) is 0 Å². The average molecular weight is 357 g/mol. The summed E-state index contributed by atoms with van der Waals surface area (Å²) in [5, 5.41) is 2.68. The van der Waals surface area contributed by atoms with Crippen molar-refractivity contribution in [3.63, 3.8) is 0 Å². The van der Waals surface area contributed by atoms with Crippen LogP contribution in [0.25, 0.3) is 0 Å². The van der Waals surface area contributed by atoms with Gasteiger partial charge in [-0.05, 0) is 31.2 Å².